The summed E-state index contributed by atoms with van der Waals surface area (Å²) in [4.78, 5) is 27.9. The van der Waals surface area contributed by atoms with Crippen LogP contribution in [0.25, 0.3) is 0 Å². The molecule has 1 aromatic heterocycles. The van der Waals surface area contributed by atoms with Crippen LogP contribution in [0.15, 0.2) is 48.5 Å². The lowest BCUT2D eigenvalue weighted by Crippen LogP contribution is -2.35. The Morgan fingerprint density at radius 2 is 1.76 bits per heavy atom. The Morgan fingerprint density at radius 1 is 1.03 bits per heavy atom. The molecule has 0 saturated carbocycles. The molecule has 178 valence electrons. The third kappa shape index (κ3) is 5.14. The molecule has 8 nitrogen and oxygen atoms in total. The van der Waals surface area contributed by atoms with E-state index >= 15 is 0 Å². The fourth-order valence-electron chi connectivity index (χ4n) is 4.41. The summed E-state index contributed by atoms with van der Waals surface area (Å²) < 4.78 is 15.6. The number of amides is 1. The first-order chi connectivity index (χ1) is 16.3. The van der Waals surface area contributed by atoms with Crippen LogP contribution in [0.1, 0.15) is 39.3 Å². The summed E-state index contributed by atoms with van der Waals surface area (Å²) in [5.74, 6) is -0.226. The standard InChI is InChI=1S/C25H28FN5O3/c1-18-24(31(33)34)19(2)30(27-18)16-20-8-10-21(11-9-20)25(32)29-13-5-12-28(14-15-29)17-22-6-3-4-7-23(22)26/h3-4,6-11H,5,12-17H2,1-2H3. The van der Waals surface area contributed by atoms with E-state index in [2.05, 4.69) is 10.00 Å². The molecule has 1 fully saturated rings. The number of carbonyl (C=O) groups excluding carboxylic acids is 1. The summed E-state index contributed by atoms with van der Waals surface area (Å²) >= 11 is 0. The molecule has 1 aliphatic heterocycles. The van der Waals surface area contributed by atoms with E-state index in [1.165, 1.54) is 6.07 Å². The number of nitro groups is 1. The molecule has 0 N–H and O–H groups in total. The second-order valence-electron chi connectivity index (χ2n) is 8.64. The molecular weight excluding hydrogens is 437 g/mol. The molecule has 1 aliphatic rings. The van der Waals surface area contributed by atoms with Gasteiger partial charge in [-0.25, -0.2) is 4.39 Å². The van der Waals surface area contributed by atoms with Crippen molar-refractivity contribution in [3.8, 4) is 0 Å². The first kappa shape index (κ1) is 23.6. The highest BCUT2D eigenvalue weighted by molar-refractivity contribution is 5.94. The average molecular weight is 466 g/mol. The molecule has 0 atom stereocenters. The van der Waals surface area contributed by atoms with Gasteiger partial charge in [-0.1, -0.05) is 30.3 Å². The smallest absolute Gasteiger partial charge is 0.312 e. The number of rotatable bonds is 6. The lowest BCUT2D eigenvalue weighted by molar-refractivity contribution is -0.386. The van der Waals surface area contributed by atoms with Crippen molar-refractivity contribution in [3.63, 3.8) is 0 Å². The lowest BCUT2D eigenvalue weighted by atomic mass is 10.1. The monoisotopic (exact) mass is 465 g/mol. The number of benzene rings is 2. The number of aromatic nitrogens is 2. The Morgan fingerprint density at radius 3 is 2.44 bits per heavy atom. The molecule has 2 aromatic carbocycles. The van der Waals surface area contributed by atoms with Crippen molar-refractivity contribution >= 4 is 11.6 Å². The highest BCUT2D eigenvalue weighted by Gasteiger charge is 2.23. The van der Waals surface area contributed by atoms with E-state index in [0.29, 0.717) is 55.2 Å². The molecule has 9 heteroatoms. The van der Waals surface area contributed by atoms with Gasteiger partial charge in [-0.3, -0.25) is 24.5 Å². The number of hydrogen-bond acceptors (Lipinski definition) is 5. The molecule has 0 spiro atoms. The van der Waals surface area contributed by atoms with Crippen molar-refractivity contribution in [2.24, 2.45) is 0 Å². The minimum Gasteiger partial charge on any atom is -0.337 e. The first-order valence-electron chi connectivity index (χ1n) is 11.4. The second-order valence-corrected chi connectivity index (χ2v) is 8.64. The van der Waals surface area contributed by atoms with Gasteiger partial charge in [-0.15, -0.1) is 0 Å². The van der Waals surface area contributed by atoms with E-state index in [1.807, 2.05) is 23.1 Å². The van der Waals surface area contributed by atoms with Crippen molar-refractivity contribution in [1.29, 1.82) is 0 Å². The van der Waals surface area contributed by atoms with E-state index in [4.69, 9.17) is 0 Å². The molecule has 0 unspecified atom stereocenters. The lowest BCUT2D eigenvalue weighted by Gasteiger charge is -2.22. The summed E-state index contributed by atoms with van der Waals surface area (Å²) in [6.07, 6.45) is 0.828. The molecule has 4 rings (SSSR count). The van der Waals surface area contributed by atoms with Crippen LogP contribution in [0.2, 0.25) is 0 Å². The molecule has 1 amide bonds. The summed E-state index contributed by atoms with van der Waals surface area (Å²) in [6, 6.07) is 14.1. The number of hydrogen-bond donors (Lipinski definition) is 0. The normalized spacial score (nSPS) is 14.7. The Labute approximate surface area is 197 Å². The molecule has 1 saturated heterocycles. The van der Waals surface area contributed by atoms with Crippen LogP contribution in [0.4, 0.5) is 10.1 Å². The quantitative estimate of drug-likeness (QED) is 0.407. The number of carbonyl (C=O) groups is 1. The van der Waals surface area contributed by atoms with Crippen molar-refractivity contribution < 1.29 is 14.1 Å². The van der Waals surface area contributed by atoms with Gasteiger partial charge in [0.05, 0.1) is 11.5 Å². The Bertz CT molecular complexity index is 1190. The van der Waals surface area contributed by atoms with E-state index in [-0.39, 0.29) is 17.4 Å². The van der Waals surface area contributed by atoms with Gasteiger partial charge in [-0.05, 0) is 44.0 Å². The van der Waals surface area contributed by atoms with Crippen LogP contribution in [0.3, 0.4) is 0 Å². The van der Waals surface area contributed by atoms with Crippen molar-refractivity contribution in [1.82, 2.24) is 19.6 Å². The Balaban J connectivity index is 1.38. The number of nitrogens with zero attached hydrogens (tertiary/aromatic N) is 5. The minimum absolute atomic E-state index is 0.0268. The predicted molar refractivity (Wildman–Crippen MR) is 126 cm³/mol. The number of halogens is 1. The van der Waals surface area contributed by atoms with Gasteiger partial charge in [0.1, 0.15) is 17.2 Å². The summed E-state index contributed by atoms with van der Waals surface area (Å²) in [5.41, 5.74) is 3.11. The molecular formula is C25H28FN5O3. The predicted octanol–water partition coefficient (Wildman–Crippen LogP) is 3.94. The van der Waals surface area contributed by atoms with Gasteiger partial charge in [0.15, 0.2) is 0 Å². The van der Waals surface area contributed by atoms with Crippen molar-refractivity contribution in [2.45, 2.75) is 33.4 Å². The van der Waals surface area contributed by atoms with Crippen LogP contribution in [0.5, 0.6) is 0 Å². The fourth-order valence-corrected chi connectivity index (χ4v) is 4.41. The molecule has 0 aliphatic carbocycles. The van der Waals surface area contributed by atoms with Gasteiger partial charge in [0, 0.05) is 43.9 Å². The summed E-state index contributed by atoms with van der Waals surface area (Å²) in [5, 5.41) is 15.5. The maximum Gasteiger partial charge on any atom is 0.312 e. The van der Waals surface area contributed by atoms with E-state index in [1.54, 1.807) is 42.8 Å². The maximum absolute atomic E-state index is 14.0. The zero-order valence-electron chi connectivity index (χ0n) is 19.4. The SMILES string of the molecule is Cc1nn(Cc2ccc(C(=O)N3CCCN(Cc4ccccc4F)CC3)cc2)c(C)c1[N+](=O)[O-]. The van der Waals surface area contributed by atoms with Crippen LogP contribution in [-0.2, 0) is 13.1 Å². The van der Waals surface area contributed by atoms with Gasteiger partial charge in [-0.2, -0.15) is 5.10 Å². The van der Waals surface area contributed by atoms with Crippen LogP contribution in [0, 0.1) is 29.8 Å². The van der Waals surface area contributed by atoms with E-state index < -0.39 is 4.92 Å². The Hall–Kier alpha value is -3.59. The highest BCUT2D eigenvalue weighted by Crippen LogP contribution is 2.23. The third-order valence-electron chi connectivity index (χ3n) is 6.29. The van der Waals surface area contributed by atoms with Gasteiger partial charge >= 0.3 is 5.69 Å². The van der Waals surface area contributed by atoms with Crippen molar-refractivity contribution in [2.75, 3.05) is 26.2 Å². The summed E-state index contributed by atoms with van der Waals surface area (Å²) in [6.45, 7) is 6.99. The average Bonchev–Trinajstić information content (AvgIpc) is 2.96. The largest absolute Gasteiger partial charge is 0.337 e. The highest BCUT2D eigenvalue weighted by atomic mass is 19.1. The zero-order valence-corrected chi connectivity index (χ0v) is 19.4. The second kappa shape index (κ2) is 10.1. The van der Waals surface area contributed by atoms with E-state index in [0.717, 1.165) is 18.5 Å². The Kier molecular flexibility index (Phi) is 7.02. The molecule has 0 bridgehead atoms. The fraction of sp³-hybridized carbons (Fsp3) is 0.360. The summed E-state index contributed by atoms with van der Waals surface area (Å²) in [7, 11) is 0. The molecule has 0 radical (unpaired) electrons. The van der Waals surface area contributed by atoms with E-state index in [9.17, 15) is 19.3 Å². The van der Waals surface area contributed by atoms with Crippen LogP contribution >= 0.6 is 0 Å². The zero-order chi connectivity index (χ0) is 24.2. The minimum atomic E-state index is -0.408. The van der Waals surface area contributed by atoms with Gasteiger partial charge < -0.3 is 4.90 Å². The first-order valence-corrected chi connectivity index (χ1v) is 11.4. The van der Waals surface area contributed by atoms with Crippen LogP contribution in [-0.4, -0.2) is 56.6 Å². The van der Waals surface area contributed by atoms with Crippen molar-refractivity contribution in [3.05, 3.63) is 92.5 Å². The van der Waals surface area contributed by atoms with Crippen LogP contribution < -0.4 is 0 Å². The third-order valence-corrected chi connectivity index (χ3v) is 6.29. The molecule has 2 heterocycles. The topological polar surface area (TPSA) is 84.5 Å². The van der Waals surface area contributed by atoms with Gasteiger partial charge in [0.25, 0.3) is 5.91 Å². The molecule has 34 heavy (non-hydrogen) atoms. The maximum atomic E-state index is 14.0. The van der Waals surface area contributed by atoms with Gasteiger partial charge in [0.2, 0.25) is 0 Å². The number of aryl methyl sites for hydroxylation is 1. The molecule has 3 aromatic rings.